The van der Waals surface area contributed by atoms with Crippen molar-refractivity contribution in [1.82, 2.24) is 9.78 Å². The van der Waals surface area contributed by atoms with Crippen LogP contribution in [0, 0.1) is 17.7 Å². The predicted octanol–water partition coefficient (Wildman–Crippen LogP) is 1.41. The number of hydrogen-bond acceptors (Lipinski definition) is 2. The molecule has 86 valence electrons. The highest BCUT2D eigenvalue weighted by atomic mass is 19.1. The quantitative estimate of drug-likeness (QED) is 0.792. The smallest absolute Gasteiger partial charge is 0.124 e. The van der Waals surface area contributed by atoms with Crippen LogP contribution in [0.1, 0.15) is 11.1 Å². The molecule has 4 heteroatoms. The third-order valence-corrected chi connectivity index (χ3v) is 2.17. The third-order valence-electron chi connectivity index (χ3n) is 2.17. The van der Waals surface area contributed by atoms with Gasteiger partial charge in [0, 0.05) is 18.0 Å². The Bertz CT molecular complexity index is 553. The first-order valence-electron chi connectivity index (χ1n) is 5.14. The number of rotatable bonds is 2. The molecule has 2 rings (SSSR count). The molecule has 0 saturated heterocycles. The zero-order chi connectivity index (χ0) is 12.1. The number of aromatic nitrogens is 2. The van der Waals surface area contributed by atoms with E-state index in [0.717, 1.165) is 5.56 Å². The second-order valence-corrected chi connectivity index (χ2v) is 3.51. The van der Waals surface area contributed by atoms with Gasteiger partial charge >= 0.3 is 0 Å². The summed E-state index contributed by atoms with van der Waals surface area (Å²) < 4.78 is 15.0. The topological polar surface area (TPSA) is 38.0 Å². The molecular weight excluding hydrogens is 219 g/mol. The fraction of sp³-hybridized carbons (Fsp3) is 0.154. The van der Waals surface area contributed by atoms with E-state index >= 15 is 0 Å². The van der Waals surface area contributed by atoms with E-state index in [-0.39, 0.29) is 12.4 Å². The van der Waals surface area contributed by atoms with Crippen molar-refractivity contribution in [2.24, 2.45) is 0 Å². The second-order valence-electron chi connectivity index (χ2n) is 3.51. The van der Waals surface area contributed by atoms with Crippen molar-refractivity contribution in [1.29, 1.82) is 0 Å². The average molecular weight is 230 g/mol. The summed E-state index contributed by atoms with van der Waals surface area (Å²) >= 11 is 0. The highest BCUT2D eigenvalue weighted by molar-refractivity contribution is 5.37. The molecular formula is C13H11FN2O. The molecule has 1 heterocycles. The molecule has 3 nitrogen and oxygen atoms in total. The normalized spacial score (nSPS) is 9.76. The van der Waals surface area contributed by atoms with Crippen LogP contribution in [0.4, 0.5) is 4.39 Å². The summed E-state index contributed by atoms with van der Waals surface area (Å²) in [7, 11) is 0. The lowest BCUT2D eigenvalue weighted by Gasteiger charge is -2.03. The van der Waals surface area contributed by atoms with Gasteiger partial charge in [-0.25, -0.2) is 4.39 Å². The SMILES string of the molecule is OCC#Cc1cc(F)cc(Cn2cccn2)c1. The largest absolute Gasteiger partial charge is 0.384 e. The molecule has 0 bridgehead atoms. The number of nitrogens with zero attached hydrogens (tertiary/aromatic N) is 2. The van der Waals surface area contributed by atoms with Crippen molar-refractivity contribution in [2.45, 2.75) is 6.54 Å². The number of hydrogen-bond donors (Lipinski definition) is 1. The van der Waals surface area contributed by atoms with Crippen LogP contribution in [0.15, 0.2) is 36.7 Å². The monoisotopic (exact) mass is 230 g/mol. The number of aliphatic hydroxyl groups excluding tert-OH is 1. The molecule has 2 aromatic rings. The third kappa shape index (κ3) is 3.16. The van der Waals surface area contributed by atoms with E-state index in [1.807, 2.05) is 12.3 Å². The first-order chi connectivity index (χ1) is 8.28. The van der Waals surface area contributed by atoms with Gasteiger partial charge in [0.2, 0.25) is 0 Å². The lowest BCUT2D eigenvalue weighted by Crippen LogP contribution is -2.00. The lowest BCUT2D eigenvalue weighted by molar-refractivity contribution is 0.350. The van der Waals surface area contributed by atoms with E-state index in [2.05, 4.69) is 16.9 Å². The van der Waals surface area contributed by atoms with Crippen molar-refractivity contribution in [3.63, 3.8) is 0 Å². The van der Waals surface area contributed by atoms with E-state index in [9.17, 15) is 4.39 Å². The Morgan fingerprint density at radius 3 is 2.94 bits per heavy atom. The molecule has 0 aliphatic heterocycles. The molecule has 0 aliphatic carbocycles. The summed E-state index contributed by atoms with van der Waals surface area (Å²) in [6.45, 7) is 0.267. The van der Waals surface area contributed by atoms with Crippen LogP contribution < -0.4 is 0 Å². The van der Waals surface area contributed by atoms with Gasteiger partial charge in [0.15, 0.2) is 0 Å². The highest BCUT2D eigenvalue weighted by Crippen LogP contribution is 2.09. The number of halogens is 1. The van der Waals surface area contributed by atoms with Gasteiger partial charge < -0.3 is 5.11 Å². The molecule has 0 saturated carbocycles. The minimum absolute atomic E-state index is 0.231. The Kier molecular flexibility index (Phi) is 3.53. The van der Waals surface area contributed by atoms with E-state index < -0.39 is 0 Å². The molecule has 0 amide bonds. The Morgan fingerprint density at radius 2 is 2.24 bits per heavy atom. The number of aliphatic hydroxyl groups is 1. The second kappa shape index (κ2) is 5.28. The van der Waals surface area contributed by atoms with Gasteiger partial charge in [-0.3, -0.25) is 4.68 Å². The van der Waals surface area contributed by atoms with Crippen molar-refractivity contribution >= 4 is 0 Å². The van der Waals surface area contributed by atoms with Crippen molar-refractivity contribution in [3.05, 3.63) is 53.6 Å². The van der Waals surface area contributed by atoms with Crippen LogP contribution in [0.25, 0.3) is 0 Å². The first-order valence-corrected chi connectivity index (χ1v) is 5.14. The van der Waals surface area contributed by atoms with Gasteiger partial charge in [-0.2, -0.15) is 5.10 Å². The van der Waals surface area contributed by atoms with Crippen molar-refractivity contribution in [3.8, 4) is 11.8 Å². The summed E-state index contributed by atoms with van der Waals surface area (Å²) in [5, 5.41) is 12.6. The van der Waals surface area contributed by atoms with Gasteiger partial charge in [0.25, 0.3) is 0 Å². The van der Waals surface area contributed by atoms with Crippen LogP contribution in [0.5, 0.6) is 0 Å². The molecule has 1 N–H and O–H groups in total. The maximum absolute atomic E-state index is 13.3. The van der Waals surface area contributed by atoms with E-state index in [1.54, 1.807) is 16.9 Å². The Hall–Kier alpha value is -2.12. The summed E-state index contributed by atoms with van der Waals surface area (Å²) in [6.07, 6.45) is 3.48. The molecule has 0 aliphatic rings. The Labute approximate surface area is 98.5 Å². The van der Waals surface area contributed by atoms with Gasteiger partial charge in [-0.1, -0.05) is 11.8 Å². The molecule has 17 heavy (non-hydrogen) atoms. The molecule has 0 radical (unpaired) electrons. The zero-order valence-electron chi connectivity index (χ0n) is 9.10. The van der Waals surface area contributed by atoms with Crippen LogP contribution in [-0.4, -0.2) is 21.5 Å². The molecule has 0 atom stereocenters. The van der Waals surface area contributed by atoms with Crippen LogP contribution in [0.2, 0.25) is 0 Å². The standard InChI is InChI=1S/C13H11FN2O/c14-13-8-11(3-1-6-17)7-12(9-13)10-16-5-2-4-15-16/h2,4-5,7-9,17H,6,10H2. The fourth-order valence-electron chi connectivity index (χ4n) is 1.54. The molecule has 0 spiro atoms. The predicted molar refractivity (Wildman–Crippen MR) is 61.7 cm³/mol. The lowest BCUT2D eigenvalue weighted by atomic mass is 10.1. The van der Waals surface area contributed by atoms with Gasteiger partial charge in [0.05, 0.1) is 6.54 Å². The van der Waals surface area contributed by atoms with Gasteiger partial charge in [0.1, 0.15) is 12.4 Å². The average Bonchev–Trinajstić information content (AvgIpc) is 2.78. The van der Waals surface area contributed by atoms with E-state index in [0.29, 0.717) is 12.1 Å². The van der Waals surface area contributed by atoms with E-state index in [4.69, 9.17) is 5.11 Å². The summed E-state index contributed by atoms with van der Waals surface area (Å²) in [5.74, 6) is 4.84. The summed E-state index contributed by atoms with van der Waals surface area (Å²) in [6, 6.07) is 6.39. The summed E-state index contributed by atoms with van der Waals surface area (Å²) in [4.78, 5) is 0. The highest BCUT2D eigenvalue weighted by Gasteiger charge is 2.00. The fourth-order valence-corrected chi connectivity index (χ4v) is 1.54. The van der Waals surface area contributed by atoms with Crippen LogP contribution in [0.3, 0.4) is 0 Å². The summed E-state index contributed by atoms with van der Waals surface area (Å²) in [5.41, 5.74) is 1.34. The molecule has 1 aromatic carbocycles. The minimum atomic E-state index is -0.336. The zero-order valence-corrected chi connectivity index (χ0v) is 9.10. The van der Waals surface area contributed by atoms with Crippen molar-refractivity contribution in [2.75, 3.05) is 6.61 Å². The van der Waals surface area contributed by atoms with E-state index in [1.165, 1.54) is 12.1 Å². The van der Waals surface area contributed by atoms with Gasteiger partial charge in [-0.15, -0.1) is 0 Å². The van der Waals surface area contributed by atoms with Crippen molar-refractivity contribution < 1.29 is 9.50 Å². The Morgan fingerprint density at radius 1 is 1.35 bits per heavy atom. The maximum Gasteiger partial charge on any atom is 0.124 e. The van der Waals surface area contributed by atoms with Gasteiger partial charge in [-0.05, 0) is 29.8 Å². The number of benzene rings is 1. The van der Waals surface area contributed by atoms with Crippen LogP contribution >= 0.6 is 0 Å². The Balaban J connectivity index is 2.25. The minimum Gasteiger partial charge on any atom is -0.384 e. The molecule has 0 fully saturated rings. The van der Waals surface area contributed by atoms with Crippen LogP contribution in [-0.2, 0) is 6.54 Å². The maximum atomic E-state index is 13.3. The first kappa shape index (κ1) is 11.4. The molecule has 0 unspecified atom stereocenters. The molecule has 1 aromatic heterocycles.